The molecular weight excluding hydrogens is 524 g/mol. The Morgan fingerprint density at radius 3 is 2.61 bits per heavy atom. The molecule has 2 fully saturated rings. The molecule has 3 aliphatic rings. The van der Waals surface area contributed by atoms with Crippen LogP contribution in [0.2, 0.25) is 18.1 Å². The van der Waals surface area contributed by atoms with Gasteiger partial charge in [-0.1, -0.05) is 69.0 Å². The second-order valence-electron chi connectivity index (χ2n) is 13.9. The van der Waals surface area contributed by atoms with Crippen LogP contribution < -0.4 is 4.74 Å². The van der Waals surface area contributed by atoms with E-state index in [1.165, 1.54) is 63.4 Å². The molecule has 0 aromatic heterocycles. The van der Waals surface area contributed by atoms with E-state index in [1.54, 1.807) is 12.7 Å². The summed E-state index contributed by atoms with van der Waals surface area (Å²) in [7, 11) is -0.0420. The van der Waals surface area contributed by atoms with Crippen LogP contribution in [0.5, 0.6) is 5.75 Å². The Kier molecular flexibility index (Phi) is 8.47. The van der Waals surface area contributed by atoms with Crippen LogP contribution in [0.4, 0.5) is 0 Å². The SMILES string of the molecule is COc1ccc2c(c1)CCC1(C=CO[Si](C)(C)C(C)(C)C)[C@@H]2[C@@H](CCCCCBr)C[C@]2(C)CCC[C@@H]12. The molecule has 1 unspecified atom stereocenters. The number of halogens is 1. The predicted molar refractivity (Wildman–Crippen MR) is 160 cm³/mol. The highest BCUT2D eigenvalue weighted by atomic mass is 79.9. The Hall–Kier alpha value is -0.743. The van der Waals surface area contributed by atoms with E-state index in [9.17, 15) is 0 Å². The maximum absolute atomic E-state index is 6.73. The number of benzene rings is 1. The van der Waals surface area contributed by atoms with E-state index >= 15 is 0 Å². The summed E-state index contributed by atoms with van der Waals surface area (Å²) >= 11 is 3.65. The van der Waals surface area contributed by atoms with Crippen molar-refractivity contribution in [1.29, 1.82) is 0 Å². The number of alkyl halides is 1. The van der Waals surface area contributed by atoms with Crippen molar-refractivity contribution in [3.63, 3.8) is 0 Å². The lowest BCUT2D eigenvalue weighted by Gasteiger charge is -2.60. The first-order chi connectivity index (χ1) is 17.0. The molecule has 2 saturated carbocycles. The zero-order valence-electron chi connectivity index (χ0n) is 24.1. The molecule has 5 atom stereocenters. The van der Waals surface area contributed by atoms with E-state index in [4.69, 9.17) is 9.16 Å². The van der Waals surface area contributed by atoms with E-state index in [1.807, 2.05) is 0 Å². The van der Waals surface area contributed by atoms with Crippen molar-refractivity contribution >= 4 is 24.2 Å². The number of fused-ring (bicyclic) bond motifs is 5. The third kappa shape index (κ3) is 5.24. The molecule has 4 rings (SSSR count). The molecule has 0 aliphatic heterocycles. The average molecular weight is 576 g/mol. The monoisotopic (exact) mass is 574 g/mol. The average Bonchev–Trinajstić information content (AvgIpc) is 3.22. The largest absolute Gasteiger partial charge is 0.549 e. The van der Waals surface area contributed by atoms with Gasteiger partial charge in [0.25, 0.3) is 0 Å². The van der Waals surface area contributed by atoms with Crippen molar-refractivity contribution in [3.8, 4) is 5.75 Å². The molecule has 3 aliphatic carbocycles. The summed E-state index contributed by atoms with van der Waals surface area (Å²) in [6.07, 6.45) is 18.1. The fourth-order valence-electron chi connectivity index (χ4n) is 7.98. The summed E-state index contributed by atoms with van der Waals surface area (Å²) in [5, 5.41) is 1.34. The molecule has 0 spiro atoms. The highest BCUT2D eigenvalue weighted by molar-refractivity contribution is 9.09. The van der Waals surface area contributed by atoms with Gasteiger partial charge < -0.3 is 9.16 Å². The van der Waals surface area contributed by atoms with Crippen LogP contribution in [-0.4, -0.2) is 20.8 Å². The summed E-state index contributed by atoms with van der Waals surface area (Å²) < 4.78 is 12.4. The van der Waals surface area contributed by atoms with Crippen molar-refractivity contribution in [2.75, 3.05) is 12.4 Å². The highest BCUT2D eigenvalue weighted by Crippen LogP contribution is 2.70. The normalized spacial score (nSPS) is 32.2. The van der Waals surface area contributed by atoms with Gasteiger partial charge in [-0.2, -0.15) is 0 Å². The van der Waals surface area contributed by atoms with Crippen molar-refractivity contribution < 1.29 is 9.16 Å². The van der Waals surface area contributed by atoms with Crippen molar-refractivity contribution in [2.24, 2.45) is 22.7 Å². The molecule has 0 N–H and O–H groups in total. The maximum atomic E-state index is 6.73. The van der Waals surface area contributed by atoms with E-state index < -0.39 is 8.32 Å². The van der Waals surface area contributed by atoms with Crippen molar-refractivity contribution in [1.82, 2.24) is 0 Å². The van der Waals surface area contributed by atoms with Crippen LogP contribution in [0.1, 0.15) is 103 Å². The molecule has 4 heteroatoms. The van der Waals surface area contributed by atoms with Crippen LogP contribution in [0.25, 0.3) is 0 Å². The zero-order chi connectivity index (χ0) is 26.2. The van der Waals surface area contributed by atoms with Crippen molar-refractivity contribution in [2.45, 2.75) is 116 Å². The van der Waals surface area contributed by atoms with Gasteiger partial charge in [-0.05, 0) is 116 Å². The first kappa shape index (κ1) is 28.3. The van der Waals surface area contributed by atoms with Gasteiger partial charge >= 0.3 is 0 Å². The Labute approximate surface area is 231 Å². The van der Waals surface area contributed by atoms with Gasteiger partial charge in [0.1, 0.15) is 5.75 Å². The minimum atomic E-state index is -1.84. The zero-order valence-corrected chi connectivity index (χ0v) is 26.7. The summed E-state index contributed by atoms with van der Waals surface area (Å²) in [6, 6.07) is 6.98. The molecule has 0 radical (unpaired) electrons. The van der Waals surface area contributed by atoms with Crippen molar-refractivity contribution in [3.05, 3.63) is 41.7 Å². The lowest BCUT2D eigenvalue weighted by atomic mass is 9.44. The number of methoxy groups -OCH3 is 1. The summed E-state index contributed by atoms with van der Waals surface area (Å²) in [4.78, 5) is 0. The summed E-state index contributed by atoms with van der Waals surface area (Å²) in [5.74, 6) is 3.09. The first-order valence-corrected chi connectivity index (χ1v) is 18.6. The van der Waals surface area contributed by atoms with Crippen LogP contribution in [0, 0.1) is 22.7 Å². The molecule has 0 saturated heterocycles. The van der Waals surface area contributed by atoms with Gasteiger partial charge in [0, 0.05) is 10.7 Å². The molecule has 0 bridgehead atoms. The Morgan fingerprint density at radius 2 is 1.92 bits per heavy atom. The second-order valence-corrected chi connectivity index (χ2v) is 19.5. The predicted octanol–water partition coefficient (Wildman–Crippen LogP) is 10.0. The molecule has 2 nitrogen and oxygen atoms in total. The van der Waals surface area contributed by atoms with Gasteiger partial charge in [-0.25, -0.2) is 0 Å². The lowest BCUT2D eigenvalue weighted by molar-refractivity contribution is -0.0363. The summed E-state index contributed by atoms with van der Waals surface area (Å²) in [5.41, 5.74) is 3.80. The minimum absolute atomic E-state index is 0.202. The third-order valence-corrected chi connectivity index (χ3v) is 15.7. The van der Waals surface area contributed by atoms with E-state index in [0.29, 0.717) is 11.3 Å². The Morgan fingerprint density at radius 1 is 1.14 bits per heavy atom. The van der Waals surface area contributed by atoms with Crippen LogP contribution in [-0.2, 0) is 10.8 Å². The lowest BCUT2D eigenvalue weighted by Crippen LogP contribution is -2.52. The highest BCUT2D eigenvalue weighted by Gasteiger charge is 2.61. The number of allylic oxidation sites excluding steroid dienone is 1. The fourth-order valence-corrected chi connectivity index (χ4v) is 9.14. The van der Waals surface area contributed by atoms with Gasteiger partial charge in [0.2, 0.25) is 8.32 Å². The topological polar surface area (TPSA) is 18.5 Å². The summed E-state index contributed by atoms with van der Waals surface area (Å²) in [6.45, 7) is 14.4. The Bertz CT molecular complexity index is 935. The van der Waals surface area contributed by atoms with E-state index in [2.05, 4.69) is 87.3 Å². The number of ether oxygens (including phenoxy) is 1. The quantitative estimate of drug-likeness (QED) is 0.126. The molecule has 36 heavy (non-hydrogen) atoms. The first-order valence-electron chi connectivity index (χ1n) is 14.6. The fraction of sp³-hybridized carbons (Fsp3) is 0.750. The molecule has 0 heterocycles. The number of aryl methyl sites for hydroxylation is 1. The Balaban J connectivity index is 1.77. The van der Waals surface area contributed by atoms with E-state index in [0.717, 1.165) is 29.3 Å². The number of unbranched alkanes of at least 4 members (excludes halogenated alkanes) is 2. The van der Waals surface area contributed by atoms with Crippen LogP contribution >= 0.6 is 15.9 Å². The number of hydrogen-bond donors (Lipinski definition) is 0. The smallest absolute Gasteiger partial charge is 0.249 e. The van der Waals surface area contributed by atoms with Crippen LogP contribution in [0.3, 0.4) is 0 Å². The molecule has 1 aromatic rings. The molecule has 0 amide bonds. The van der Waals surface area contributed by atoms with Gasteiger partial charge in [0.15, 0.2) is 0 Å². The number of rotatable bonds is 9. The van der Waals surface area contributed by atoms with E-state index in [-0.39, 0.29) is 10.5 Å². The third-order valence-electron chi connectivity index (χ3n) is 10.8. The van der Waals surface area contributed by atoms with Crippen LogP contribution in [0.15, 0.2) is 30.5 Å². The standard InChI is InChI=1S/C32H51BrO2Si/c1-30(2,3)36(6,7)35-21-19-32-18-16-24-22-26(34-5)14-15-27(24)29(32)25(12-9-8-10-20-33)23-31(4)17-11-13-28(31)32/h14-15,19,21-22,25,28-29H,8-13,16-18,20,23H2,1-7H3/t25-,28+,29+,31-,32?/m0/s1. The van der Waals surface area contributed by atoms with Gasteiger partial charge in [0.05, 0.1) is 13.4 Å². The van der Waals surface area contributed by atoms with Gasteiger partial charge in [-0.3, -0.25) is 0 Å². The molecular formula is C32H51BrO2Si. The minimum Gasteiger partial charge on any atom is -0.549 e. The van der Waals surface area contributed by atoms with Gasteiger partial charge in [-0.15, -0.1) is 0 Å². The molecule has 1 aromatic carbocycles. The second kappa shape index (κ2) is 10.8. The number of hydrogen-bond acceptors (Lipinski definition) is 2. The molecule has 202 valence electrons. The maximum Gasteiger partial charge on any atom is 0.249 e.